The van der Waals surface area contributed by atoms with Crippen molar-refractivity contribution in [3.05, 3.63) is 29.3 Å². The molecular weight excluding hydrogens is 247 g/mol. The van der Waals surface area contributed by atoms with Gasteiger partial charge in [-0.1, -0.05) is 25.0 Å². The Kier molecular flexibility index (Phi) is 5.67. The molecule has 1 aliphatic carbocycles. The molecule has 88 valence electrons. The van der Waals surface area contributed by atoms with E-state index in [2.05, 4.69) is 0 Å². The average Bonchev–Trinajstić information content (AvgIpc) is 2.16. The van der Waals surface area contributed by atoms with Crippen LogP contribution < -0.4 is 29.6 Å². The SMILES string of the molecule is O=S(=O)([O-])c1cccc2c1CCCCCC2.[Na+]. The van der Waals surface area contributed by atoms with Crippen LogP contribution in [0.4, 0.5) is 0 Å². The minimum Gasteiger partial charge on any atom is -0.744 e. The third kappa shape index (κ3) is 3.80. The Hall–Kier alpha value is 0.130. The van der Waals surface area contributed by atoms with Gasteiger partial charge in [-0.15, -0.1) is 0 Å². The average molecular weight is 262 g/mol. The van der Waals surface area contributed by atoms with Crippen molar-refractivity contribution in [2.75, 3.05) is 0 Å². The molecule has 17 heavy (non-hydrogen) atoms. The van der Waals surface area contributed by atoms with Gasteiger partial charge in [-0.25, -0.2) is 8.42 Å². The molecule has 0 aromatic heterocycles. The zero-order valence-corrected chi connectivity index (χ0v) is 12.9. The molecule has 5 heteroatoms. The molecule has 0 aliphatic heterocycles. The minimum absolute atomic E-state index is 0. The quantitative estimate of drug-likeness (QED) is 0.494. The number of hydrogen-bond acceptors (Lipinski definition) is 3. The largest absolute Gasteiger partial charge is 1.00 e. The predicted molar refractivity (Wildman–Crippen MR) is 60.3 cm³/mol. The van der Waals surface area contributed by atoms with Crippen molar-refractivity contribution in [1.29, 1.82) is 0 Å². The van der Waals surface area contributed by atoms with E-state index in [1.807, 2.05) is 6.07 Å². The Labute approximate surface area is 125 Å². The molecule has 0 radical (unpaired) electrons. The van der Waals surface area contributed by atoms with Crippen molar-refractivity contribution in [3.63, 3.8) is 0 Å². The molecule has 0 amide bonds. The van der Waals surface area contributed by atoms with Gasteiger partial charge >= 0.3 is 29.6 Å². The molecule has 0 spiro atoms. The first-order valence-electron chi connectivity index (χ1n) is 5.66. The van der Waals surface area contributed by atoms with Gasteiger partial charge in [0.1, 0.15) is 10.1 Å². The van der Waals surface area contributed by atoms with Gasteiger partial charge in [0.2, 0.25) is 0 Å². The number of hydrogen-bond donors (Lipinski definition) is 0. The van der Waals surface area contributed by atoms with Crippen LogP contribution in [0.1, 0.15) is 36.8 Å². The monoisotopic (exact) mass is 262 g/mol. The van der Waals surface area contributed by atoms with Crippen molar-refractivity contribution in [1.82, 2.24) is 0 Å². The van der Waals surface area contributed by atoms with E-state index in [1.165, 1.54) is 12.5 Å². The number of rotatable bonds is 1. The van der Waals surface area contributed by atoms with Gasteiger partial charge in [0.05, 0.1) is 4.90 Å². The summed E-state index contributed by atoms with van der Waals surface area (Å²) in [5.74, 6) is 0. The molecule has 1 aromatic rings. The van der Waals surface area contributed by atoms with Crippen LogP contribution in [0.15, 0.2) is 23.1 Å². The molecular formula is C12H15NaO3S. The van der Waals surface area contributed by atoms with Gasteiger partial charge < -0.3 is 4.55 Å². The second-order valence-corrected chi connectivity index (χ2v) is 5.61. The zero-order chi connectivity index (χ0) is 11.6. The maximum atomic E-state index is 11.1. The summed E-state index contributed by atoms with van der Waals surface area (Å²) < 4.78 is 33.4. The van der Waals surface area contributed by atoms with Crippen molar-refractivity contribution < 1.29 is 42.5 Å². The first-order chi connectivity index (χ1) is 7.59. The molecule has 2 rings (SSSR count). The van der Waals surface area contributed by atoms with Crippen LogP contribution in [0.25, 0.3) is 0 Å². The van der Waals surface area contributed by atoms with E-state index in [9.17, 15) is 13.0 Å². The van der Waals surface area contributed by atoms with Crippen LogP contribution in [0.3, 0.4) is 0 Å². The summed E-state index contributed by atoms with van der Waals surface area (Å²) in [6.07, 6.45) is 5.96. The Balaban J connectivity index is 0.00000144. The van der Waals surface area contributed by atoms with E-state index in [0.717, 1.165) is 36.8 Å². The van der Waals surface area contributed by atoms with Crippen LogP contribution in [0.2, 0.25) is 0 Å². The van der Waals surface area contributed by atoms with Gasteiger partial charge in [-0.3, -0.25) is 0 Å². The Morgan fingerprint density at radius 2 is 1.65 bits per heavy atom. The predicted octanol–water partition coefficient (Wildman–Crippen LogP) is -0.746. The summed E-state index contributed by atoms with van der Waals surface area (Å²) in [4.78, 5) is -0.00750. The standard InChI is InChI=1S/C12H16O3S.Na/c13-16(14,15)12-9-5-7-10-6-3-1-2-4-8-11(10)12;/h5,7,9H,1-4,6,8H2,(H,13,14,15);/q;+1/p-1. The van der Waals surface area contributed by atoms with Gasteiger partial charge in [0.25, 0.3) is 0 Å². The molecule has 1 aromatic carbocycles. The van der Waals surface area contributed by atoms with Gasteiger partial charge in [-0.2, -0.15) is 0 Å². The second kappa shape index (κ2) is 6.34. The van der Waals surface area contributed by atoms with E-state index in [1.54, 1.807) is 6.07 Å². The smallest absolute Gasteiger partial charge is 0.744 e. The van der Waals surface area contributed by atoms with Crippen LogP contribution >= 0.6 is 0 Å². The zero-order valence-electron chi connectivity index (χ0n) is 10.1. The Bertz CT molecular complexity index is 483. The number of fused-ring (bicyclic) bond motifs is 1. The van der Waals surface area contributed by atoms with Crippen LogP contribution in [-0.4, -0.2) is 13.0 Å². The molecule has 0 saturated carbocycles. The van der Waals surface area contributed by atoms with Crippen molar-refractivity contribution >= 4 is 10.1 Å². The summed E-state index contributed by atoms with van der Waals surface area (Å²) in [5.41, 5.74) is 1.80. The van der Waals surface area contributed by atoms with Crippen molar-refractivity contribution in [2.45, 2.75) is 43.4 Å². The van der Waals surface area contributed by atoms with E-state index in [0.29, 0.717) is 6.42 Å². The van der Waals surface area contributed by atoms with Gasteiger partial charge in [-0.05, 0) is 42.9 Å². The molecule has 1 aliphatic rings. The van der Waals surface area contributed by atoms with E-state index in [4.69, 9.17) is 0 Å². The maximum absolute atomic E-state index is 11.1. The molecule has 0 heterocycles. The summed E-state index contributed by atoms with van der Waals surface area (Å²) in [6.45, 7) is 0. The third-order valence-corrected chi connectivity index (χ3v) is 4.04. The number of aryl methyl sites for hydroxylation is 1. The van der Waals surface area contributed by atoms with Crippen LogP contribution in [0.5, 0.6) is 0 Å². The van der Waals surface area contributed by atoms with E-state index < -0.39 is 10.1 Å². The summed E-state index contributed by atoms with van der Waals surface area (Å²) in [7, 11) is -4.32. The minimum atomic E-state index is -4.32. The van der Waals surface area contributed by atoms with Gasteiger partial charge in [0.15, 0.2) is 0 Å². The molecule has 0 bridgehead atoms. The van der Waals surface area contributed by atoms with Crippen LogP contribution in [0, 0.1) is 0 Å². The summed E-state index contributed by atoms with van der Waals surface area (Å²) in [5, 5.41) is 0. The Morgan fingerprint density at radius 1 is 1.00 bits per heavy atom. The fraction of sp³-hybridized carbons (Fsp3) is 0.500. The molecule has 3 nitrogen and oxygen atoms in total. The third-order valence-electron chi connectivity index (χ3n) is 3.12. The fourth-order valence-corrected chi connectivity index (χ4v) is 3.11. The van der Waals surface area contributed by atoms with E-state index in [-0.39, 0.29) is 34.5 Å². The summed E-state index contributed by atoms with van der Waals surface area (Å²) >= 11 is 0. The maximum Gasteiger partial charge on any atom is 1.00 e. The number of benzene rings is 1. The first-order valence-corrected chi connectivity index (χ1v) is 7.06. The van der Waals surface area contributed by atoms with Crippen molar-refractivity contribution in [3.8, 4) is 0 Å². The molecule has 0 unspecified atom stereocenters. The molecule has 0 atom stereocenters. The van der Waals surface area contributed by atoms with Crippen molar-refractivity contribution in [2.24, 2.45) is 0 Å². The van der Waals surface area contributed by atoms with Gasteiger partial charge in [0, 0.05) is 0 Å². The first kappa shape index (κ1) is 15.2. The van der Waals surface area contributed by atoms with Crippen LogP contribution in [-0.2, 0) is 23.0 Å². The molecule has 0 saturated heterocycles. The Morgan fingerprint density at radius 3 is 2.29 bits per heavy atom. The summed E-state index contributed by atoms with van der Waals surface area (Å²) in [6, 6.07) is 5.04. The van der Waals surface area contributed by atoms with E-state index >= 15 is 0 Å². The second-order valence-electron chi connectivity index (χ2n) is 4.26. The fourth-order valence-electron chi connectivity index (χ4n) is 2.33. The topological polar surface area (TPSA) is 57.2 Å². The molecule has 0 fully saturated rings. The molecule has 0 N–H and O–H groups in total. The normalized spacial score (nSPS) is 16.3.